The molecule has 1 aromatic heterocycles. The van der Waals surface area contributed by atoms with Gasteiger partial charge < -0.3 is 19.5 Å². The van der Waals surface area contributed by atoms with Crippen LogP contribution in [0.3, 0.4) is 0 Å². The molecule has 0 radical (unpaired) electrons. The van der Waals surface area contributed by atoms with E-state index in [0.717, 1.165) is 5.56 Å². The van der Waals surface area contributed by atoms with Crippen molar-refractivity contribution >= 4 is 11.7 Å². The molecule has 1 amide bonds. The first-order valence-corrected chi connectivity index (χ1v) is 12.6. The summed E-state index contributed by atoms with van der Waals surface area (Å²) in [6.45, 7) is 1.64. The number of amides is 1. The molecule has 3 aromatic rings. The normalized spacial score (nSPS) is 18.8. The molecule has 1 N–H and O–H groups in total. The van der Waals surface area contributed by atoms with E-state index in [1.807, 2.05) is 12.1 Å². The van der Waals surface area contributed by atoms with Crippen molar-refractivity contribution in [3.8, 4) is 11.8 Å². The molecule has 202 valence electrons. The van der Waals surface area contributed by atoms with Gasteiger partial charge in [0, 0.05) is 24.9 Å². The number of likely N-dealkylation sites (tertiary alicyclic amines) is 1. The number of piperidine rings is 1. The lowest BCUT2D eigenvalue weighted by molar-refractivity contribution is -0.274. The van der Waals surface area contributed by atoms with Gasteiger partial charge in [-0.15, -0.1) is 13.2 Å². The summed E-state index contributed by atoms with van der Waals surface area (Å²) < 4.78 is 44.1. The van der Waals surface area contributed by atoms with Crippen LogP contribution in [0.4, 0.5) is 13.2 Å². The second kappa shape index (κ2) is 10.5. The number of carbonyl (C=O) groups excluding carboxylic acids is 2. The molecule has 0 aliphatic carbocycles. The highest BCUT2D eigenvalue weighted by molar-refractivity contribution is 6.03. The summed E-state index contributed by atoms with van der Waals surface area (Å²) in [6.07, 6.45) is -0.376. The molecule has 0 bridgehead atoms. The maximum Gasteiger partial charge on any atom is 0.573 e. The number of ether oxygens (including phenoxy) is 1. The van der Waals surface area contributed by atoms with Crippen LogP contribution in [0.25, 0.3) is 0 Å². The van der Waals surface area contributed by atoms with E-state index in [0.29, 0.717) is 49.3 Å². The smallest absolute Gasteiger partial charge is 0.406 e. The molecule has 1 spiro atoms. The first kappa shape index (κ1) is 26.4. The van der Waals surface area contributed by atoms with Crippen LogP contribution in [0, 0.1) is 16.7 Å². The van der Waals surface area contributed by atoms with Crippen molar-refractivity contribution in [1.29, 1.82) is 5.26 Å². The molecule has 2 aromatic carbocycles. The molecule has 8 nitrogen and oxygen atoms in total. The molecule has 0 saturated carbocycles. The van der Waals surface area contributed by atoms with Gasteiger partial charge in [-0.05, 0) is 61.3 Å². The van der Waals surface area contributed by atoms with Crippen LogP contribution in [-0.4, -0.2) is 51.6 Å². The SMILES string of the molecule is N#Cc1ccc(Cn2cncc2C(=O)C2N(Cc3cccc(OC(F)(F)F)c3)C(=O)CC23CCNCC3)cc1. The van der Waals surface area contributed by atoms with Gasteiger partial charge in [0.15, 0.2) is 0 Å². The summed E-state index contributed by atoms with van der Waals surface area (Å²) in [4.78, 5) is 33.3. The first-order chi connectivity index (χ1) is 18.7. The van der Waals surface area contributed by atoms with E-state index in [-0.39, 0.29) is 30.4 Å². The Kier molecular flexibility index (Phi) is 7.14. The van der Waals surface area contributed by atoms with Crippen LogP contribution in [0.1, 0.15) is 46.4 Å². The zero-order chi connectivity index (χ0) is 27.6. The Balaban J connectivity index is 1.46. The number of Topliss-reactive ketones (excluding diaryl/α,β-unsaturated/α-hetero) is 1. The third-order valence-corrected chi connectivity index (χ3v) is 7.45. The van der Waals surface area contributed by atoms with Gasteiger partial charge in [-0.25, -0.2) is 4.98 Å². The minimum Gasteiger partial charge on any atom is -0.406 e. The number of imidazole rings is 1. The fourth-order valence-corrected chi connectivity index (χ4v) is 5.66. The molecule has 1 unspecified atom stereocenters. The summed E-state index contributed by atoms with van der Waals surface area (Å²) in [5, 5.41) is 12.3. The number of ketones is 1. The molecule has 1 atom stereocenters. The van der Waals surface area contributed by atoms with Gasteiger partial charge in [-0.3, -0.25) is 9.59 Å². The molecule has 2 aliphatic rings. The predicted octanol–water partition coefficient (Wildman–Crippen LogP) is 4.06. The van der Waals surface area contributed by atoms with E-state index in [2.05, 4.69) is 21.1 Å². The molecule has 2 fully saturated rings. The Hall–Kier alpha value is -4.17. The summed E-state index contributed by atoms with van der Waals surface area (Å²) >= 11 is 0. The van der Waals surface area contributed by atoms with Crippen molar-refractivity contribution in [2.24, 2.45) is 5.41 Å². The Morgan fingerprint density at radius 1 is 1.13 bits per heavy atom. The van der Waals surface area contributed by atoms with Crippen LogP contribution >= 0.6 is 0 Å². The molecular formula is C28H26F3N5O3. The number of nitrogens with one attached hydrogen (secondary N) is 1. The second-order valence-corrected chi connectivity index (χ2v) is 9.99. The number of hydrogen-bond acceptors (Lipinski definition) is 6. The lowest BCUT2D eigenvalue weighted by Gasteiger charge is -2.39. The van der Waals surface area contributed by atoms with E-state index in [1.54, 1.807) is 29.1 Å². The van der Waals surface area contributed by atoms with E-state index in [1.165, 1.54) is 29.3 Å². The van der Waals surface area contributed by atoms with Crippen LogP contribution < -0.4 is 10.1 Å². The average Bonchev–Trinajstić information content (AvgIpc) is 3.46. The average molecular weight is 538 g/mol. The number of rotatable bonds is 7. The Bertz CT molecular complexity index is 1400. The van der Waals surface area contributed by atoms with Gasteiger partial charge in [0.25, 0.3) is 0 Å². The summed E-state index contributed by atoms with van der Waals surface area (Å²) in [6, 6.07) is 13.8. The summed E-state index contributed by atoms with van der Waals surface area (Å²) in [7, 11) is 0. The maximum absolute atomic E-state index is 14.2. The van der Waals surface area contributed by atoms with Gasteiger partial charge in [0.05, 0.1) is 24.2 Å². The zero-order valence-corrected chi connectivity index (χ0v) is 20.9. The minimum absolute atomic E-state index is 0.0246. The number of nitrogens with zero attached hydrogens (tertiary/aromatic N) is 4. The number of benzene rings is 2. The summed E-state index contributed by atoms with van der Waals surface area (Å²) in [5.74, 6) is -0.848. The number of nitriles is 1. The minimum atomic E-state index is -4.84. The van der Waals surface area contributed by atoms with Gasteiger partial charge >= 0.3 is 6.36 Å². The summed E-state index contributed by atoms with van der Waals surface area (Å²) in [5.41, 5.74) is 1.58. The van der Waals surface area contributed by atoms with Gasteiger partial charge in [0.1, 0.15) is 17.5 Å². The standard InChI is InChI=1S/C28H26F3N5O3/c29-28(30,31)39-22-3-1-2-21(12-22)17-36-24(37)13-27(8-10-33-11-9-27)26(36)25(38)23-15-34-18-35(23)16-20-6-4-19(14-32)5-7-20/h1-7,12,15,18,26,33H,8-11,13,16-17H2. The third-order valence-electron chi connectivity index (χ3n) is 7.45. The monoisotopic (exact) mass is 537 g/mol. The Labute approximate surface area is 223 Å². The van der Waals surface area contributed by atoms with Gasteiger partial charge in [-0.2, -0.15) is 5.26 Å². The van der Waals surface area contributed by atoms with E-state index in [4.69, 9.17) is 5.26 Å². The van der Waals surface area contributed by atoms with Gasteiger partial charge in [0.2, 0.25) is 11.7 Å². The quantitative estimate of drug-likeness (QED) is 0.457. The fraction of sp³-hybridized carbons (Fsp3) is 0.357. The van der Waals surface area contributed by atoms with E-state index < -0.39 is 17.8 Å². The highest BCUT2D eigenvalue weighted by Gasteiger charge is 2.55. The number of hydrogen-bond donors (Lipinski definition) is 1. The van der Waals surface area contributed by atoms with Crippen LogP contribution in [0.15, 0.2) is 61.1 Å². The Morgan fingerprint density at radius 3 is 2.56 bits per heavy atom. The number of halogens is 3. The van der Waals surface area contributed by atoms with Crippen LogP contribution in [-0.2, 0) is 17.9 Å². The molecular weight excluding hydrogens is 511 g/mol. The van der Waals surface area contributed by atoms with E-state index >= 15 is 0 Å². The molecule has 11 heteroatoms. The number of aromatic nitrogens is 2. The molecule has 5 rings (SSSR count). The van der Waals surface area contributed by atoms with E-state index in [9.17, 15) is 22.8 Å². The fourth-order valence-electron chi connectivity index (χ4n) is 5.66. The lowest BCUT2D eigenvalue weighted by atomic mass is 9.71. The van der Waals surface area contributed by atoms with Gasteiger partial charge in [-0.1, -0.05) is 24.3 Å². The van der Waals surface area contributed by atoms with Crippen LogP contribution in [0.5, 0.6) is 5.75 Å². The largest absolute Gasteiger partial charge is 0.573 e. The van der Waals surface area contributed by atoms with Crippen molar-refractivity contribution in [2.45, 2.75) is 44.8 Å². The van der Waals surface area contributed by atoms with Crippen molar-refractivity contribution < 1.29 is 27.5 Å². The molecule has 2 saturated heterocycles. The third kappa shape index (κ3) is 5.66. The maximum atomic E-state index is 14.2. The molecule has 39 heavy (non-hydrogen) atoms. The first-order valence-electron chi connectivity index (χ1n) is 12.6. The predicted molar refractivity (Wildman–Crippen MR) is 133 cm³/mol. The zero-order valence-electron chi connectivity index (χ0n) is 20.9. The topological polar surface area (TPSA) is 100 Å². The lowest BCUT2D eigenvalue weighted by Crippen LogP contribution is -2.50. The highest BCUT2D eigenvalue weighted by Crippen LogP contribution is 2.46. The second-order valence-electron chi connectivity index (χ2n) is 9.99. The van der Waals surface area contributed by atoms with Crippen LogP contribution in [0.2, 0.25) is 0 Å². The number of carbonyl (C=O) groups is 2. The van der Waals surface area contributed by atoms with Crippen molar-refractivity contribution in [1.82, 2.24) is 19.8 Å². The van der Waals surface area contributed by atoms with Crippen molar-refractivity contribution in [2.75, 3.05) is 13.1 Å². The Morgan fingerprint density at radius 2 is 1.87 bits per heavy atom. The molecule has 2 aliphatic heterocycles. The highest BCUT2D eigenvalue weighted by atomic mass is 19.4. The van der Waals surface area contributed by atoms with Crippen molar-refractivity contribution in [3.63, 3.8) is 0 Å². The molecule has 3 heterocycles. The van der Waals surface area contributed by atoms with Crippen molar-refractivity contribution in [3.05, 3.63) is 83.4 Å². The number of alkyl halides is 3.